The third kappa shape index (κ3) is 3.22. The van der Waals surface area contributed by atoms with Gasteiger partial charge in [0.25, 0.3) is 10.1 Å². The highest BCUT2D eigenvalue weighted by Crippen LogP contribution is 2.25. The predicted molar refractivity (Wildman–Crippen MR) is 67.7 cm³/mol. The van der Waals surface area contributed by atoms with Crippen molar-refractivity contribution >= 4 is 15.8 Å². The molecule has 1 heterocycles. The molecule has 1 aromatic carbocycles. The summed E-state index contributed by atoms with van der Waals surface area (Å²) < 4.78 is 26.4. The Hall–Kier alpha value is -1.58. The number of benzene rings is 1. The SMILES string of the molecule is CS(=O)(=O)OCC1CN(c2ccc(C#N)cc2)C1. The molecule has 0 N–H and O–H groups in total. The van der Waals surface area contributed by atoms with Crippen LogP contribution >= 0.6 is 0 Å². The summed E-state index contributed by atoms with van der Waals surface area (Å²) in [7, 11) is -3.34. The topological polar surface area (TPSA) is 70.4 Å². The monoisotopic (exact) mass is 266 g/mol. The molecular formula is C12H14N2O3S. The average Bonchev–Trinajstić information content (AvgIpc) is 2.26. The molecule has 1 saturated heterocycles. The molecule has 2 rings (SSSR count). The molecule has 5 nitrogen and oxygen atoms in total. The Balaban J connectivity index is 1.83. The van der Waals surface area contributed by atoms with Gasteiger partial charge in [-0.3, -0.25) is 4.18 Å². The fourth-order valence-corrected chi connectivity index (χ4v) is 2.29. The van der Waals surface area contributed by atoms with E-state index in [0.717, 1.165) is 25.0 Å². The predicted octanol–water partition coefficient (Wildman–Crippen LogP) is 0.971. The van der Waals surface area contributed by atoms with E-state index in [2.05, 4.69) is 11.0 Å². The van der Waals surface area contributed by atoms with Crippen LogP contribution in [0.4, 0.5) is 5.69 Å². The smallest absolute Gasteiger partial charge is 0.264 e. The Kier molecular flexibility index (Phi) is 3.55. The highest BCUT2D eigenvalue weighted by Gasteiger charge is 2.28. The quantitative estimate of drug-likeness (QED) is 0.759. The molecule has 0 saturated carbocycles. The van der Waals surface area contributed by atoms with Crippen LogP contribution in [0.5, 0.6) is 0 Å². The van der Waals surface area contributed by atoms with E-state index < -0.39 is 10.1 Å². The standard InChI is InChI=1S/C12H14N2O3S/c1-18(15,16)17-9-11-7-14(8-11)12-4-2-10(6-13)3-5-12/h2-5,11H,7-9H2,1H3. The Morgan fingerprint density at radius 1 is 1.39 bits per heavy atom. The van der Waals surface area contributed by atoms with Gasteiger partial charge < -0.3 is 4.90 Å². The molecule has 96 valence electrons. The molecule has 1 aromatic rings. The highest BCUT2D eigenvalue weighted by atomic mass is 32.2. The van der Waals surface area contributed by atoms with Crippen molar-refractivity contribution in [1.82, 2.24) is 0 Å². The van der Waals surface area contributed by atoms with E-state index in [4.69, 9.17) is 9.44 Å². The van der Waals surface area contributed by atoms with Gasteiger partial charge in [-0.1, -0.05) is 0 Å². The minimum absolute atomic E-state index is 0.242. The zero-order valence-corrected chi connectivity index (χ0v) is 10.9. The lowest BCUT2D eigenvalue weighted by Gasteiger charge is -2.40. The molecule has 0 aliphatic carbocycles. The van der Waals surface area contributed by atoms with Crippen molar-refractivity contribution in [3.8, 4) is 6.07 Å². The third-order valence-electron chi connectivity index (χ3n) is 2.84. The zero-order chi connectivity index (χ0) is 13.2. The van der Waals surface area contributed by atoms with Gasteiger partial charge >= 0.3 is 0 Å². The van der Waals surface area contributed by atoms with E-state index in [-0.39, 0.29) is 12.5 Å². The summed E-state index contributed by atoms with van der Waals surface area (Å²) in [5.41, 5.74) is 1.68. The van der Waals surface area contributed by atoms with Gasteiger partial charge in [0.1, 0.15) is 0 Å². The van der Waals surface area contributed by atoms with E-state index >= 15 is 0 Å². The Bertz CT molecular complexity index is 554. The second kappa shape index (κ2) is 4.96. The Labute approximate surface area is 107 Å². The van der Waals surface area contributed by atoms with Gasteiger partial charge in [0.15, 0.2) is 0 Å². The maximum atomic E-state index is 10.8. The Morgan fingerprint density at radius 3 is 2.50 bits per heavy atom. The summed E-state index contributed by atoms with van der Waals surface area (Å²) >= 11 is 0. The first-order valence-electron chi connectivity index (χ1n) is 5.57. The van der Waals surface area contributed by atoms with Crippen molar-refractivity contribution in [2.24, 2.45) is 5.92 Å². The van der Waals surface area contributed by atoms with Gasteiger partial charge in [0, 0.05) is 24.7 Å². The summed E-state index contributed by atoms with van der Waals surface area (Å²) in [4.78, 5) is 2.12. The minimum atomic E-state index is -3.34. The lowest BCUT2D eigenvalue weighted by molar-refractivity contribution is 0.228. The fourth-order valence-electron chi connectivity index (χ4n) is 1.85. The van der Waals surface area contributed by atoms with E-state index in [1.54, 1.807) is 12.1 Å². The molecule has 18 heavy (non-hydrogen) atoms. The molecule has 1 aliphatic rings. The molecule has 0 amide bonds. The normalized spacial score (nSPS) is 16.1. The molecule has 1 fully saturated rings. The summed E-state index contributed by atoms with van der Waals surface area (Å²) in [6.45, 7) is 1.80. The lowest BCUT2D eigenvalue weighted by Crippen LogP contribution is -2.49. The summed E-state index contributed by atoms with van der Waals surface area (Å²) in [5.74, 6) is 0.246. The van der Waals surface area contributed by atoms with Gasteiger partial charge in [-0.2, -0.15) is 13.7 Å². The van der Waals surface area contributed by atoms with Crippen LogP contribution < -0.4 is 4.90 Å². The van der Waals surface area contributed by atoms with E-state index in [0.29, 0.717) is 5.56 Å². The highest BCUT2D eigenvalue weighted by molar-refractivity contribution is 7.85. The van der Waals surface area contributed by atoms with Crippen LogP contribution in [-0.2, 0) is 14.3 Å². The van der Waals surface area contributed by atoms with Crippen LogP contribution in [0.1, 0.15) is 5.56 Å². The van der Waals surface area contributed by atoms with Gasteiger partial charge in [-0.25, -0.2) is 0 Å². The van der Waals surface area contributed by atoms with Crippen molar-refractivity contribution in [3.05, 3.63) is 29.8 Å². The van der Waals surface area contributed by atoms with Crippen molar-refractivity contribution in [2.45, 2.75) is 0 Å². The van der Waals surface area contributed by atoms with Gasteiger partial charge in [0.05, 0.1) is 24.5 Å². The molecule has 0 atom stereocenters. The summed E-state index contributed by atoms with van der Waals surface area (Å²) in [6.07, 6.45) is 1.06. The molecule has 0 bridgehead atoms. The maximum absolute atomic E-state index is 10.8. The summed E-state index contributed by atoms with van der Waals surface area (Å²) in [6, 6.07) is 9.41. The number of anilines is 1. The number of hydrogen-bond donors (Lipinski definition) is 0. The molecule has 6 heteroatoms. The van der Waals surface area contributed by atoms with Crippen LogP contribution in [0, 0.1) is 17.2 Å². The largest absolute Gasteiger partial charge is 0.371 e. The van der Waals surface area contributed by atoms with E-state index in [9.17, 15) is 8.42 Å². The lowest BCUT2D eigenvalue weighted by atomic mass is 10.0. The van der Waals surface area contributed by atoms with Crippen LogP contribution in [0.25, 0.3) is 0 Å². The van der Waals surface area contributed by atoms with Crippen LogP contribution in [-0.4, -0.2) is 34.4 Å². The van der Waals surface area contributed by atoms with Crippen molar-refractivity contribution < 1.29 is 12.6 Å². The first kappa shape index (κ1) is 12.9. The first-order valence-corrected chi connectivity index (χ1v) is 7.39. The van der Waals surface area contributed by atoms with Crippen LogP contribution in [0.15, 0.2) is 24.3 Å². The average molecular weight is 266 g/mol. The molecule has 0 radical (unpaired) electrons. The molecular weight excluding hydrogens is 252 g/mol. The zero-order valence-electron chi connectivity index (χ0n) is 10.0. The van der Waals surface area contributed by atoms with Crippen molar-refractivity contribution in [2.75, 3.05) is 30.9 Å². The summed E-state index contributed by atoms with van der Waals surface area (Å²) in [5, 5.41) is 8.69. The second-order valence-electron chi connectivity index (χ2n) is 4.42. The first-order chi connectivity index (χ1) is 8.48. The molecule has 0 unspecified atom stereocenters. The number of hydrogen-bond acceptors (Lipinski definition) is 5. The maximum Gasteiger partial charge on any atom is 0.264 e. The molecule has 1 aliphatic heterocycles. The van der Waals surface area contributed by atoms with Gasteiger partial charge in [0.2, 0.25) is 0 Å². The molecule has 0 spiro atoms. The van der Waals surface area contributed by atoms with Crippen LogP contribution in [0.2, 0.25) is 0 Å². The number of rotatable bonds is 4. The second-order valence-corrected chi connectivity index (χ2v) is 6.06. The van der Waals surface area contributed by atoms with Crippen molar-refractivity contribution in [1.29, 1.82) is 5.26 Å². The molecule has 0 aromatic heterocycles. The van der Waals surface area contributed by atoms with Gasteiger partial charge in [-0.05, 0) is 24.3 Å². The third-order valence-corrected chi connectivity index (χ3v) is 3.40. The van der Waals surface area contributed by atoms with Crippen LogP contribution in [0.3, 0.4) is 0 Å². The van der Waals surface area contributed by atoms with E-state index in [1.165, 1.54) is 0 Å². The number of nitriles is 1. The minimum Gasteiger partial charge on any atom is -0.371 e. The van der Waals surface area contributed by atoms with Crippen molar-refractivity contribution in [3.63, 3.8) is 0 Å². The fraction of sp³-hybridized carbons (Fsp3) is 0.417. The van der Waals surface area contributed by atoms with E-state index in [1.807, 2.05) is 12.1 Å². The number of nitrogens with zero attached hydrogens (tertiary/aromatic N) is 2. The Morgan fingerprint density at radius 2 is 2.00 bits per heavy atom. The van der Waals surface area contributed by atoms with Gasteiger partial charge in [-0.15, -0.1) is 0 Å².